The highest BCUT2D eigenvalue weighted by Gasteiger charge is 2.37. The van der Waals surface area contributed by atoms with E-state index < -0.39 is 17.8 Å². The van der Waals surface area contributed by atoms with Crippen molar-refractivity contribution in [3.05, 3.63) is 97.4 Å². The van der Waals surface area contributed by atoms with Crippen molar-refractivity contribution >= 4 is 68.7 Å². The van der Waals surface area contributed by atoms with E-state index in [9.17, 15) is 14.4 Å². The number of aryl methyl sites for hydroxylation is 1. The fourth-order valence-electron chi connectivity index (χ4n) is 3.34. The maximum Gasteiger partial charge on any atom is 0.335 e. The van der Waals surface area contributed by atoms with E-state index in [1.807, 2.05) is 6.92 Å². The predicted molar refractivity (Wildman–Crippen MR) is 135 cm³/mol. The molecule has 172 valence electrons. The van der Waals surface area contributed by atoms with Crippen molar-refractivity contribution in [2.45, 2.75) is 13.5 Å². The number of halogens is 3. The van der Waals surface area contributed by atoms with Crippen molar-refractivity contribution in [3.63, 3.8) is 0 Å². The number of rotatable bonds is 5. The van der Waals surface area contributed by atoms with E-state index >= 15 is 0 Å². The summed E-state index contributed by atoms with van der Waals surface area (Å²) in [6.45, 7) is 1.99. The number of carbonyl (C=O) groups excluding carboxylic acids is 3. The second kappa shape index (κ2) is 10.0. The SMILES string of the molecule is Cc1cc(N2C(=O)NC(=O)/C(=C\c3ccccc3OCc3ccc(Cl)cc3Cl)C2=O)ccc1Br. The third-order valence-electron chi connectivity index (χ3n) is 5.12. The number of anilines is 1. The molecule has 1 saturated heterocycles. The smallest absolute Gasteiger partial charge is 0.335 e. The minimum Gasteiger partial charge on any atom is -0.488 e. The molecule has 0 radical (unpaired) electrons. The number of imide groups is 2. The van der Waals surface area contributed by atoms with Gasteiger partial charge in [-0.2, -0.15) is 0 Å². The lowest BCUT2D eigenvalue weighted by molar-refractivity contribution is -0.122. The van der Waals surface area contributed by atoms with Gasteiger partial charge >= 0.3 is 6.03 Å². The molecular formula is C25H17BrCl2N2O4. The summed E-state index contributed by atoms with van der Waals surface area (Å²) < 4.78 is 6.75. The highest BCUT2D eigenvalue weighted by molar-refractivity contribution is 9.10. The molecule has 3 aromatic rings. The van der Waals surface area contributed by atoms with Crippen LogP contribution in [0.25, 0.3) is 6.08 Å². The Morgan fingerprint density at radius 1 is 1.03 bits per heavy atom. The Kier molecular flexibility index (Phi) is 7.07. The van der Waals surface area contributed by atoms with Gasteiger partial charge < -0.3 is 4.74 Å². The molecule has 3 aromatic carbocycles. The average molecular weight is 560 g/mol. The van der Waals surface area contributed by atoms with Gasteiger partial charge in [-0.3, -0.25) is 14.9 Å². The van der Waals surface area contributed by atoms with Crippen LogP contribution < -0.4 is 15.0 Å². The minimum atomic E-state index is -0.809. The summed E-state index contributed by atoms with van der Waals surface area (Å²) in [5, 5.41) is 3.21. The fraction of sp³-hybridized carbons (Fsp3) is 0.0800. The first-order valence-corrected chi connectivity index (χ1v) is 11.6. The molecular weight excluding hydrogens is 543 g/mol. The molecule has 1 N–H and O–H groups in total. The molecule has 1 heterocycles. The highest BCUT2D eigenvalue weighted by atomic mass is 79.9. The highest BCUT2D eigenvalue weighted by Crippen LogP contribution is 2.29. The van der Waals surface area contributed by atoms with Crippen LogP contribution in [-0.4, -0.2) is 17.8 Å². The van der Waals surface area contributed by atoms with Gasteiger partial charge in [-0.25, -0.2) is 9.69 Å². The Balaban J connectivity index is 1.65. The topological polar surface area (TPSA) is 75.7 Å². The summed E-state index contributed by atoms with van der Waals surface area (Å²) in [6.07, 6.45) is 1.40. The summed E-state index contributed by atoms with van der Waals surface area (Å²) >= 11 is 15.6. The van der Waals surface area contributed by atoms with E-state index in [1.54, 1.807) is 60.7 Å². The first-order chi connectivity index (χ1) is 16.2. The lowest BCUT2D eigenvalue weighted by Crippen LogP contribution is -2.54. The number of benzene rings is 3. The van der Waals surface area contributed by atoms with Crippen LogP contribution in [0.4, 0.5) is 10.5 Å². The molecule has 1 fully saturated rings. The third kappa shape index (κ3) is 5.01. The molecule has 0 aromatic heterocycles. The number of nitrogens with zero attached hydrogens (tertiary/aromatic N) is 1. The van der Waals surface area contributed by atoms with Gasteiger partial charge in [0.2, 0.25) is 0 Å². The molecule has 9 heteroatoms. The van der Waals surface area contributed by atoms with Crippen molar-refractivity contribution in [2.24, 2.45) is 0 Å². The number of barbiturate groups is 1. The van der Waals surface area contributed by atoms with Crippen molar-refractivity contribution in [1.82, 2.24) is 5.32 Å². The van der Waals surface area contributed by atoms with E-state index in [-0.39, 0.29) is 12.2 Å². The van der Waals surface area contributed by atoms with Crippen LogP contribution in [0.1, 0.15) is 16.7 Å². The molecule has 34 heavy (non-hydrogen) atoms. The second-order valence-corrected chi connectivity index (χ2v) is 9.15. The van der Waals surface area contributed by atoms with Crippen molar-refractivity contribution in [3.8, 4) is 5.75 Å². The molecule has 1 aliphatic heterocycles. The number of hydrogen-bond acceptors (Lipinski definition) is 4. The number of hydrogen-bond donors (Lipinski definition) is 1. The number of para-hydroxylation sites is 1. The van der Waals surface area contributed by atoms with Gasteiger partial charge in [0.1, 0.15) is 17.9 Å². The van der Waals surface area contributed by atoms with Crippen LogP contribution in [-0.2, 0) is 16.2 Å². The Bertz CT molecular complexity index is 1360. The number of carbonyl (C=O) groups is 3. The minimum absolute atomic E-state index is 0.152. The number of amides is 4. The monoisotopic (exact) mass is 558 g/mol. The molecule has 0 spiro atoms. The molecule has 0 aliphatic carbocycles. The summed E-state index contributed by atoms with van der Waals surface area (Å²) in [4.78, 5) is 39.2. The number of urea groups is 1. The standard InChI is InChI=1S/C25H17BrCl2N2O4/c1-14-10-18(8-9-20(14)26)30-24(32)19(23(31)29-25(30)33)11-15-4-2-3-5-22(15)34-13-16-6-7-17(27)12-21(16)28/h2-12H,13H2,1H3,(H,29,31,33)/b19-11+. The maximum absolute atomic E-state index is 13.2. The van der Waals surface area contributed by atoms with Crippen LogP contribution in [0.2, 0.25) is 10.0 Å². The largest absolute Gasteiger partial charge is 0.488 e. The summed E-state index contributed by atoms with van der Waals surface area (Å²) in [5.41, 5.74) is 2.21. The van der Waals surface area contributed by atoms with Crippen LogP contribution >= 0.6 is 39.1 Å². The van der Waals surface area contributed by atoms with Gasteiger partial charge in [-0.05, 0) is 55.0 Å². The molecule has 0 unspecified atom stereocenters. The first kappa shape index (κ1) is 24.0. The zero-order valence-electron chi connectivity index (χ0n) is 17.8. The van der Waals surface area contributed by atoms with Gasteiger partial charge in [-0.15, -0.1) is 0 Å². The lowest BCUT2D eigenvalue weighted by Gasteiger charge is -2.26. The van der Waals surface area contributed by atoms with Gasteiger partial charge in [0.25, 0.3) is 11.8 Å². The molecule has 0 bridgehead atoms. The normalized spacial score (nSPS) is 15.0. The zero-order valence-corrected chi connectivity index (χ0v) is 20.9. The third-order valence-corrected chi connectivity index (χ3v) is 6.60. The van der Waals surface area contributed by atoms with Gasteiger partial charge in [0.05, 0.1) is 5.69 Å². The van der Waals surface area contributed by atoms with E-state index in [0.29, 0.717) is 27.0 Å². The van der Waals surface area contributed by atoms with Crippen molar-refractivity contribution < 1.29 is 19.1 Å². The van der Waals surface area contributed by atoms with Crippen molar-refractivity contribution in [1.29, 1.82) is 0 Å². The van der Waals surface area contributed by atoms with E-state index in [0.717, 1.165) is 20.5 Å². The Morgan fingerprint density at radius 3 is 2.53 bits per heavy atom. The van der Waals surface area contributed by atoms with Crippen LogP contribution in [0.15, 0.2) is 70.7 Å². The first-order valence-electron chi connectivity index (χ1n) is 10.1. The Labute approximate surface area is 214 Å². The number of nitrogens with one attached hydrogen (secondary N) is 1. The maximum atomic E-state index is 13.2. The van der Waals surface area contributed by atoms with Gasteiger partial charge in [-0.1, -0.05) is 63.4 Å². The van der Waals surface area contributed by atoms with Crippen LogP contribution in [0.5, 0.6) is 5.75 Å². The van der Waals surface area contributed by atoms with E-state index in [4.69, 9.17) is 27.9 Å². The van der Waals surface area contributed by atoms with Crippen LogP contribution in [0.3, 0.4) is 0 Å². The van der Waals surface area contributed by atoms with Gasteiger partial charge in [0.15, 0.2) is 0 Å². The Morgan fingerprint density at radius 2 is 1.79 bits per heavy atom. The summed E-state index contributed by atoms with van der Waals surface area (Å²) in [7, 11) is 0. The second-order valence-electron chi connectivity index (χ2n) is 7.45. The lowest BCUT2D eigenvalue weighted by atomic mass is 10.1. The molecule has 0 atom stereocenters. The Hall–Kier alpha value is -3.13. The molecule has 1 aliphatic rings. The number of ether oxygens (including phenoxy) is 1. The zero-order chi connectivity index (χ0) is 24.4. The van der Waals surface area contributed by atoms with E-state index in [1.165, 1.54) is 6.08 Å². The van der Waals surface area contributed by atoms with Crippen molar-refractivity contribution in [2.75, 3.05) is 4.90 Å². The quantitative estimate of drug-likeness (QED) is 0.293. The van der Waals surface area contributed by atoms with Crippen LogP contribution in [0, 0.1) is 6.92 Å². The molecule has 6 nitrogen and oxygen atoms in total. The predicted octanol–water partition coefficient (Wildman–Crippen LogP) is 6.31. The van der Waals surface area contributed by atoms with E-state index in [2.05, 4.69) is 21.2 Å². The fourth-order valence-corrected chi connectivity index (χ4v) is 4.05. The molecule has 4 rings (SSSR count). The van der Waals surface area contributed by atoms with Gasteiger partial charge in [0, 0.05) is 25.6 Å². The summed E-state index contributed by atoms with van der Waals surface area (Å²) in [6, 6.07) is 16.2. The molecule has 4 amide bonds. The molecule has 0 saturated carbocycles. The average Bonchev–Trinajstić information content (AvgIpc) is 2.79. The summed E-state index contributed by atoms with van der Waals surface area (Å²) in [5.74, 6) is -1.08.